The molecule has 1 atom stereocenters. The molecule has 0 radical (unpaired) electrons. The van der Waals surface area contributed by atoms with Crippen LogP contribution in [0.1, 0.15) is 18.4 Å². The van der Waals surface area contributed by atoms with Crippen molar-refractivity contribution in [1.29, 1.82) is 0 Å². The fraction of sp³-hybridized carbons (Fsp3) is 0.500. The van der Waals surface area contributed by atoms with Gasteiger partial charge in [-0.15, -0.1) is 0 Å². The van der Waals surface area contributed by atoms with Crippen LogP contribution in [0, 0.1) is 5.92 Å². The van der Waals surface area contributed by atoms with Gasteiger partial charge in [-0.3, -0.25) is 9.78 Å². The lowest BCUT2D eigenvalue weighted by atomic mass is 10.0. The van der Waals surface area contributed by atoms with Crippen LogP contribution in [-0.4, -0.2) is 24.0 Å². The largest absolute Gasteiger partial charge is 0.352 e. The van der Waals surface area contributed by atoms with E-state index in [1.165, 1.54) is 0 Å². The van der Waals surface area contributed by atoms with E-state index in [2.05, 4.69) is 15.6 Å². The van der Waals surface area contributed by atoms with Gasteiger partial charge in [0.25, 0.3) is 0 Å². The van der Waals surface area contributed by atoms with Crippen LogP contribution in [0.25, 0.3) is 0 Å². The summed E-state index contributed by atoms with van der Waals surface area (Å²) in [5, 5.41) is 6.19. The lowest BCUT2D eigenvalue weighted by Gasteiger charge is -2.08. The molecule has 0 aliphatic carbocycles. The summed E-state index contributed by atoms with van der Waals surface area (Å²) in [6.45, 7) is 2.62. The summed E-state index contributed by atoms with van der Waals surface area (Å²) >= 11 is 0. The van der Waals surface area contributed by atoms with Gasteiger partial charge in [0.2, 0.25) is 5.91 Å². The van der Waals surface area contributed by atoms with Crippen LogP contribution in [0.3, 0.4) is 0 Å². The smallest absolute Gasteiger partial charge is 0.220 e. The molecular weight excluding hydrogens is 202 g/mol. The van der Waals surface area contributed by atoms with Gasteiger partial charge in [-0.2, -0.15) is 0 Å². The van der Waals surface area contributed by atoms with Crippen molar-refractivity contribution in [1.82, 2.24) is 15.6 Å². The zero-order valence-corrected chi connectivity index (χ0v) is 9.28. The van der Waals surface area contributed by atoms with Crippen molar-refractivity contribution in [3.63, 3.8) is 0 Å². The number of rotatable bonds is 4. The maximum atomic E-state index is 11.6. The van der Waals surface area contributed by atoms with E-state index in [-0.39, 0.29) is 5.91 Å². The van der Waals surface area contributed by atoms with E-state index >= 15 is 0 Å². The predicted octanol–water partition coefficient (Wildman–Crippen LogP) is 0.697. The Morgan fingerprint density at radius 2 is 2.31 bits per heavy atom. The Morgan fingerprint density at radius 3 is 3.00 bits per heavy atom. The Labute approximate surface area is 95.5 Å². The molecule has 1 amide bonds. The van der Waals surface area contributed by atoms with E-state index in [1.54, 1.807) is 12.4 Å². The number of nitrogens with zero attached hydrogens (tertiary/aromatic N) is 1. The molecule has 1 unspecified atom stereocenters. The van der Waals surface area contributed by atoms with E-state index in [1.807, 2.05) is 12.1 Å². The standard InChI is InChI=1S/C12H17N3O/c16-12(7-11-3-6-14-8-11)15-9-10-1-4-13-5-2-10/h1-2,4-5,11,14H,3,6-9H2,(H,15,16). The molecule has 2 rings (SSSR count). The quantitative estimate of drug-likeness (QED) is 0.783. The molecule has 1 aromatic rings. The first-order valence-corrected chi connectivity index (χ1v) is 5.71. The van der Waals surface area contributed by atoms with Gasteiger partial charge in [0, 0.05) is 25.4 Å². The molecule has 1 aliphatic heterocycles. The van der Waals surface area contributed by atoms with Crippen LogP contribution in [0.15, 0.2) is 24.5 Å². The maximum absolute atomic E-state index is 11.6. The first-order chi connectivity index (χ1) is 7.84. The Bertz CT molecular complexity index is 333. The third-order valence-electron chi connectivity index (χ3n) is 2.88. The number of carbonyl (C=O) groups is 1. The Kier molecular flexibility index (Phi) is 3.88. The monoisotopic (exact) mass is 219 g/mol. The van der Waals surface area contributed by atoms with Crippen molar-refractivity contribution in [3.8, 4) is 0 Å². The summed E-state index contributed by atoms with van der Waals surface area (Å²) in [4.78, 5) is 15.6. The minimum atomic E-state index is 0.144. The number of hydrogen-bond donors (Lipinski definition) is 2. The van der Waals surface area contributed by atoms with Gasteiger partial charge in [-0.05, 0) is 43.1 Å². The highest BCUT2D eigenvalue weighted by Crippen LogP contribution is 2.11. The molecule has 2 N–H and O–H groups in total. The van der Waals surface area contributed by atoms with E-state index in [0.717, 1.165) is 25.1 Å². The van der Waals surface area contributed by atoms with E-state index in [4.69, 9.17) is 0 Å². The molecule has 0 spiro atoms. The molecule has 86 valence electrons. The number of nitrogens with one attached hydrogen (secondary N) is 2. The lowest BCUT2D eigenvalue weighted by molar-refractivity contribution is -0.122. The predicted molar refractivity (Wildman–Crippen MR) is 61.7 cm³/mol. The summed E-state index contributed by atoms with van der Waals surface area (Å²) < 4.78 is 0. The van der Waals surface area contributed by atoms with Crippen LogP contribution in [0.2, 0.25) is 0 Å². The highest BCUT2D eigenvalue weighted by atomic mass is 16.1. The van der Waals surface area contributed by atoms with Crippen LogP contribution in [0.4, 0.5) is 0 Å². The number of aromatic nitrogens is 1. The van der Waals surface area contributed by atoms with Gasteiger partial charge < -0.3 is 10.6 Å². The van der Waals surface area contributed by atoms with Crippen LogP contribution in [0.5, 0.6) is 0 Å². The summed E-state index contributed by atoms with van der Waals surface area (Å²) in [7, 11) is 0. The van der Waals surface area contributed by atoms with Gasteiger partial charge in [-0.25, -0.2) is 0 Å². The molecule has 2 heterocycles. The van der Waals surface area contributed by atoms with Crippen molar-refractivity contribution in [2.24, 2.45) is 5.92 Å². The highest BCUT2D eigenvalue weighted by molar-refractivity contribution is 5.76. The first kappa shape index (κ1) is 11.1. The number of hydrogen-bond acceptors (Lipinski definition) is 3. The van der Waals surface area contributed by atoms with Gasteiger partial charge in [0.1, 0.15) is 0 Å². The van der Waals surface area contributed by atoms with Gasteiger partial charge >= 0.3 is 0 Å². The molecule has 1 saturated heterocycles. The van der Waals surface area contributed by atoms with Crippen molar-refractivity contribution in [3.05, 3.63) is 30.1 Å². The van der Waals surface area contributed by atoms with E-state index < -0.39 is 0 Å². The average molecular weight is 219 g/mol. The minimum absolute atomic E-state index is 0.144. The van der Waals surface area contributed by atoms with Gasteiger partial charge in [0.05, 0.1) is 0 Å². The van der Waals surface area contributed by atoms with Crippen LogP contribution < -0.4 is 10.6 Å². The fourth-order valence-electron chi connectivity index (χ4n) is 1.92. The second kappa shape index (κ2) is 5.61. The van der Waals surface area contributed by atoms with Crippen molar-refractivity contribution >= 4 is 5.91 Å². The SMILES string of the molecule is O=C(CC1CCNC1)NCc1ccncc1. The topological polar surface area (TPSA) is 54.0 Å². The summed E-state index contributed by atoms with van der Waals surface area (Å²) in [6.07, 6.45) is 5.23. The molecule has 0 bridgehead atoms. The number of carbonyl (C=O) groups excluding carboxylic acids is 1. The highest BCUT2D eigenvalue weighted by Gasteiger charge is 2.17. The van der Waals surface area contributed by atoms with Crippen molar-refractivity contribution in [2.45, 2.75) is 19.4 Å². The molecule has 16 heavy (non-hydrogen) atoms. The normalized spacial score (nSPS) is 19.6. The second-order valence-corrected chi connectivity index (χ2v) is 4.20. The van der Waals surface area contributed by atoms with Crippen LogP contribution >= 0.6 is 0 Å². The molecular formula is C12H17N3O. The molecule has 4 nitrogen and oxygen atoms in total. The Balaban J connectivity index is 1.71. The third-order valence-corrected chi connectivity index (χ3v) is 2.88. The number of amides is 1. The van der Waals surface area contributed by atoms with Gasteiger partial charge in [-0.1, -0.05) is 0 Å². The molecule has 1 fully saturated rings. The van der Waals surface area contributed by atoms with Crippen LogP contribution in [-0.2, 0) is 11.3 Å². The summed E-state index contributed by atoms with van der Waals surface area (Å²) in [5.74, 6) is 0.656. The zero-order chi connectivity index (χ0) is 11.2. The minimum Gasteiger partial charge on any atom is -0.352 e. The van der Waals surface area contributed by atoms with Crippen molar-refractivity contribution in [2.75, 3.05) is 13.1 Å². The molecule has 4 heteroatoms. The zero-order valence-electron chi connectivity index (χ0n) is 9.28. The molecule has 1 aliphatic rings. The third kappa shape index (κ3) is 3.31. The Morgan fingerprint density at radius 1 is 1.50 bits per heavy atom. The second-order valence-electron chi connectivity index (χ2n) is 4.20. The van der Waals surface area contributed by atoms with Gasteiger partial charge in [0.15, 0.2) is 0 Å². The summed E-state index contributed by atoms with van der Waals surface area (Å²) in [6, 6.07) is 3.83. The lowest BCUT2D eigenvalue weighted by Crippen LogP contribution is -2.25. The van der Waals surface area contributed by atoms with E-state index in [0.29, 0.717) is 18.9 Å². The fourth-order valence-corrected chi connectivity index (χ4v) is 1.92. The average Bonchev–Trinajstić information content (AvgIpc) is 2.81. The molecule has 1 aromatic heterocycles. The maximum Gasteiger partial charge on any atom is 0.220 e. The molecule has 0 aromatic carbocycles. The van der Waals surface area contributed by atoms with E-state index in [9.17, 15) is 4.79 Å². The van der Waals surface area contributed by atoms with Crippen molar-refractivity contribution < 1.29 is 4.79 Å². The molecule has 0 saturated carbocycles. The number of pyridine rings is 1. The Hall–Kier alpha value is -1.42. The summed E-state index contributed by atoms with van der Waals surface area (Å²) in [5.41, 5.74) is 1.09. The first-order valence-electron chi connectivity index (χ1n) is 5.71.